The van der Waals surface area contributed by atoms with E-state index < -0.39 is 15.8 Å². The molecule has 2 aromatic rings. The van der Waals surface area contributed by atoms with Crippen molar-refractivity contribution in [2.75, 3.05) is 17.1 Å². The van der Waals surface area contributed by atoms with Crippen LogP contribution in [0.1, 0.15) is 5.56 Å². The highest BCUT2D eigenvalue weighted by Crippen LogP contribution is 2.19. The quantitative estimate of drug-likeness (QED) is 0.911. The van der Waals surface area contributed by atoms with E-state index in [2.05, 4.69) is 10.0 Å². The Hall–Kier alpha value is -2.08. The lowest BCUT2D eigenvalue weighted by atomic mass is 10.2. The molecule has 0 amide bonds. The van der Waals surface area contributed by atoms with Gasteiger partial charge in [0.2, 0.25) is 0 Å². The lowest BCUT2D eigenvalue weighted by molar-refractivity contribution is 0.601. The maximum absolute atomic E-state index is 13.3. The standard InChI is InChI=1S/C14H15FN2O2S/c1-10-7-11(15)9-13(8-10)17-20(18,19)14-5-3-12(16-2)4-6-14/h3-9,16-17H,1-2H3. The molecule has 2 aromatic carbocycles. The molecule has 0 heterocycles. The van der Waals surface area contributed by atoms with Gasteiger partial charge in [-0.2, -0.15) is 0 Å². The molecule has 0 radical (unpaired) electrons. The summed E-state index contributed by atoms with van der Waals surface area (Å²) in [7, 11) is -1.97. The molecule has 20 heavy (non-hydrogen) atoms. The van der Waals surface area contributed by atoms with Gasteiger partial charge in [-0.05, 0) is 55.0 Å². The summed E-state index contributed by atoms with van der Waals surface area (Å²) >= 11 is 0. The van der Waals surface area contributed by atoms with E-state index in [9.17, 15) is 12.8 Å². The number of halogens is 1. The summed E-state index contributed by atoms with van der Waals surface area (Å²) in [5.41, 5.74) is 1.67. The van der Waals surface area contributed by atoms with Gasteiger partial charge in [0.25, 0.3) is 10.0 Å². The van der Waals surface area contributed by atoms with Crippen LogP contribution in [0.2, 0.25) is 0 Å². The van der Waals surface area contributed by atoms with Crippen LogP contribution in [0.5, 0.6) is 0 Å². The van der Waals surface area contributed by atoms with Crippen molar-refractivity contribution in [3.05, 3.63) is 53.8 Å². The molecule has 6 heteroatoms. The van der Waals surface area contributed by atoms with E-state index >= 15 is 0 Å². The number of aryl methyl sites for hydroxylation is 1. The second kappa shape index (κ2) is 5.50. The van der Waals surface area contributed by atoms with Crippen LogP contribution in [0.25, 0.3) is 0 Å². The second-order valence-corrected chi connectivity index (χ2v) is 6.08. The Balaban J connectivity index is 2.30. The third-order valence-corrected chi connectivity index (χ3v) is 4.14. The molecule has 2 rings (SSSR count). The molecule has 0 aliphatic heterocycles. The molecule has 0 atom stereocenters. The van der Waals surface area contributed by atoms with Crippen LogP contribution in [0.3, 0.4) is 0 Å². The maximum atomic E-state index is 13.3. The lowest BCUT2D eigenvalue weighted by Crippen LogP contribution is -2.13. The summed E-state index contributed by atoms with van der Waals surface area (Å²) < 4.78 is 40.0. The van der Waals surface area contributed by atoms with Gasteiger partial charge in [0, 0.05) is 12.7 Å². The fraction of sp³-hybridized carbons (Fsp3) is 0.143. The predicted molar refractivity (Wildman–Crippen MR) is 77.9 cm³/mol. The first-order valence-electron chi connectivity index (χ1n) is 5.98. The third-order valence-electron chi connectivity index (χ3n) is 2.75. The molecule has 0 aliphatic rings. The van der Waals surface area contributed by atoms with Crippen LogP contribution >= 0.6 is 0 Å². The Morgan fingerprint density at radius 3 is 2.20 bits per heavy atom. The lowest BCUT2D eigenvalue weighted by Gasteiger charge is -2.09. The van der Waals surface area contributed by atoms with Crippen molar-refractivity contribution in [2.24, 2.45) is 0 Å². The summed E-state index contributed by atoms with van der Waals surface area (Å²) in [6.07, 6.45) is 0. The molecule has 0 saturated heterocycles. The Labute approximate surface area is 117 Å². The predicted octanol–water partition coefficient (Wildman–Crippen LogP) is 2.98. The van der Waals surface area contributed by atoms with Crippen molar-refractivity contribution in [1.29, 1.82) is 0 Å². The topological polar surface area (TPSA) is 58.2 Å². The molecule has 0 saturated carbocycles. The normalized spacial score (nSPS) is 11.2. The summed E-state index contributed by atoms with van der Waals surface area (Å²) in [6.45, 7) is 1.70. The molecule has 106 valence electrons. The van der Waals surface area contributed by atoms with E-state index in [-0.39, 0.29) is 10.6 Å². The average Bonchev–Trinajstić information content (AvgIpc) is 2.37. The molecular formula is C14H15FN2O2S. The Bertz CT molecular complexity index is 692. The molecular weight excluding hydrogens is 279 g/mol. The van der Waals surface area contributed by atoms with Crippen molar-refractivity contribution in [3.8, 4) is 0 Å². The van der Waals surface area contributed by atoms with Crippen LogP contribution in [-0.2, 0) is 10.0 Å². The highest BCUT2D eigenvalue weighted by Gasteiger charge is 2.14. The summed E-state index contributed by atoms with van der Waals surface area (Å²) in [6, 6.07) is 10.3. The van der Waals surface area contributed by atoms with E-state index in [0.717, 1.165) is 11.8 Å². The fourth-order valence-corrected chi connectivity index (χ4v) is 2.85. The summed E-state index contributed by atoms with van der Waals surface area (Å²) in [5.74, 6) is -0.478. The van der Waals surface area contributed by atoms with Crippen molar-refractivity contribution in [3.63, 3.8) is 0 Å². The van der Waals surface area contributed by atoms with E-state index in [1.165, 1.54) is 18.2 Å². The largest absolute Gasteiger partial charge is 0.388 e. The monoisotopic (exact) mass is 294 g/mol. The molecule has 0 aliphatic carbocycles. The molecule has 2 N–H and O–H groups in total. The molecule has 0 spiro atoms. The molecule has 0 unspecified atom stereocenters. The van der Waals surface area contributed by atoms with Crippen molar-refractivity contribution in [1.82, 2.24) is 0 Å². The average molecular weight is 294 g/mol. The van der Waals surface area contributed by atoms with Crippen molar-refractivity contribution < 1.29 is 12.8 Å². The Morgan fingerprint density at radius 2 is 1.65 bits per heavy atom. The minimum absolute atomic E-state index is 0.124. The minimum atomic E-state index is -3.72. The highest BCUT2D eigenvalue weighted by molar-refractivity contribution is 7.92. The van der Waals surface area contributed by atoms with Crippen LogP contribution in [-0.4, -0.2) is 15.5 Å². The summed E-state index contributed by atoms with van der Waals surface area (Å²) in [4.78, 5) is 0.124. The van der Waals surface area contributed by atoms with E-state index in [1.807, 2.05) is 0 Å². The van der Waals surface area contributed by atoms with Crippen molar-refractivity contribution in [2.45, 2.75) is 11.8 Å². The second-order valence-electron chi connectivity index (χ2n) is 4.40. The van der Waals surface area contributed by atoms with E-state index in [0.29, 0.717) is 5.56 Å². The van der Waals surface area contributed by atoms with Gasteiger partial charge < -0.3 is 5.32 Å². The maximum Gasteiger partial charge on any atom is 0.261 e. The van der Waals surface area contributed by atoms with Gasteiger partial charge in [0.1, 0.15) is 5.82 Å². The van der Waals surface area contributed by atoms with Gasteiger partial charge in [-0.25, -0.2) is 12.8 Å². The zero-order valence-corrected chi connectivity index (χ0v) is 12.0. The third kappa shape index (κ3) is 3.27. The SMILES string of the molecule is CNc1ccc(S(=O)(=O)Nc2cc(C)cc(F)c2)cc1. The van der Waals surface area contributed by atoms with Crippen LogP contribution in [0.15, 0.2) is 47.4 Å². The number of hydrogen-bond acceptors (Lipinski definition) is 3. The number of anilines is 2. The first-order chi connectivity index (χ1) is 9.40. The van der Waals surface area contributed by atoms with Gasteiger partial charge in [0.05, 0.1) is 10.6 Å². The molecule has 4 nitrogen and oxygen atoms in total. The van der Waals surface area contributed by atoms with Gasteiger partial charge in [0.15, 0.2) is 0 Å². The zero-order valence-electron chi connectivity index (χ0n) is 11.1. The van der Waals surface area contributed by atoms with Crippen LogP contribution in [0, 0.1) is 12.7 Å². The summed E-state index contributed by atoms with van der Waals surface area (Å²) in [5, 5.41) is 2.91. The van der Waals surface area contributed by atoms with Gasteiger partial charge in [-0.1, -0.05) is 0 Å². The van der Waals surface area contributed by atoms with Crippen LogP contribution < -0.4 is 10.0 Å². The Morgan fingerprint density at radius 1 is 1.00 bits per heavy atom. The molecule has 0 bridgehead atoms. The first-order valence-corrected chi connectivity index (χ1v) is 7.47. The number of rotatable bonds is 4. The van der Waals surface area contributed by atoms with E-state index in [1.54, 1.807) is 32.2 Å². The van der Waals surface area contributed by atoms with Gasteiger partial charge in [-0.15, -0.1) is 0 Å². The zero-order chi connectivity index (χ0) is 14.8. The number of benzene rings is 2. The fourth-order valence-electron chi connectivity index (χ4n) is 1.81. The van der Waals surface area contributed by atoms with Gasteiger partial charge in [-0.3, -0.25) is 4.72 Å². The minimum Gasteiger partial charge on any atom is -0.388 e. The number of nitrogens with one attached hydrogen (secondary N) is 2. The first kappa shape index (κ1) is 14.3. The van der Waals surface area contributed by atoms with Gasteiger partial charge >= 0.3 is 0 Å². The van der Waals surface area contributed by atoms with Crippen LogP contribution in [0.4, 0.5) is 15.8 Å². The smallest absolute Gasteiger partial charge is 0.261 e. The number of sulfonamides is 1. The highest BCUT2D eigenvalue weighted by atomic mass is 32.2. The van der Waals surface area contributed by atoms with E-state index in [4.69, 9.17) is 0 Å². The Kier molecular flexibility index (Phi) is 3.94. The number of hydrogen-bond donors (Lipinski definition) is 2. The molecule has 0 aromatic heterocycles. The van der Waals surface area contributed by atoms with Crippen molar-refractivity contribution >= 4 is 21.4 Å². The molecule has 0 fully saturated rings.